The number of H-pyrrole nitrogens is 1. The van der Waals surface area contributed by atoms with Crippen molar-refractivity contribution >= 4 is 23.2 Å². The Labute approximate surface area is 168 Å². The van der Waals surface area contributed by atoms with E-state index in [9.17, 15) is 4.79 Å². The molecule has 1 N–H and O–H groups in total. The molecule has 144 valence electrons. The van der Waals surface area contributed by atoms with Crippen molar-refractivity contribution in [2.75, 3.05) is 11.9 Å². The molecule has 2 aromatic heterocycles. The van der Waals surface area contributed by atoms with E-state index in [4.69, 9.17) is 4.42 Å². The van der Waals surface area contributed by atoms with Crippen molar-refractivity contribution in [3.63, 3.8) is 0 Å². The van der Waals surface area contributed by atoms with E-state index < -0.39 is 0 Å². The van der Waals surface area contributed by atoms with Crippen LogP contribution in [-0.2, 0) is 10.2 Å². The average Bonchev–Trinajstić information content (AvgIpc) is 3.39. The number of aromatic nitrogens is 3. The van der Waals surface area contributed by atoms with Gasteiger partial charge in [0.1, 0.15) is 5.69 Å². The summed E-state index contributed by atoms with van der Waals surface area (Å²) in [6, 6.07) is 12.0. The lowest BCUT2D eigenvalue weighted by molar-refractivity contribution is -0.114. The van der Waals surface area contributed by atoms with Crippen LogP contribution in [0.1, 0.15) is 26.3 Å². The van der Waals surface area contributed by atoms with E-state index in [2.05, 4.69) is 46.1 Å². The van der Waals surface area contributed by atoms with Crippen LogP contribution in [0, 0.1) is 0 Å². The molecule has 0 aliphatic carbocycles. The molecule has 0 bridgehead atoms. The molecule has 0 radical (unpaired) electrons. The first-order valence-corrected chi connectivity index (χ1v) is 9.99. The van der Waals surface area contributed by atoms with E-state index in [1.807, 2.05) is 38.2 Å². The maximum atomic E-state index is 12.9. The third-order valence-electron chi connectivity index (χ3n) is 5.13. The fraction of sp³-hybridized carbons (Fsp3) is 0.286. The number of ketones is 1. The third kappa shape index (κ3) is 3.16. The molecule has 3 aromatic rings. The molecule has 0 saturated heterocycles. The minimum atomic E-state index is -0.336. The first kappa shape index (κ1) is 18.6. The van der Waals surface area contributed by atoms with Gasteiger partial charge in [0.15, 0.2) is 5.78 Å². The third-order valence-corrected chi connectivity index (χ3v) is 6.08. The zero-order chi connectivity index (χ0) is 19.9. The maximum absolute atomic E-state index is 12.9. The molecule has 0 spiro atoms. The van der Waals surface area contributed by atoms with Crippen molar-refractivity contribution in [1.29, 1.82) is 0 Å². The van der Waals surface area contributed by atoms with Gasteiger partial charge in [-0.15, -0.1) is 10.2 Å². The predicted octanol–water partition coefficient (Wildman–Crippen LogP) is 4.43. The topological polar surface area (TPSA) is 75.0 Å². The first-order valence-electron chi connectivity index (χ1n) is 9.11. The highest BCUT2D eigenvalue weighted by molar-refractivity contribution is 8.00. The van der Waals surface area contributed by atoms with Crippen LogP contribution in [0.2, 0.25) is 0 Å². The molecule has 4 rings (SSSR count). The van der Waals surface area contributed by atoms with Gasteiger partial charge in [-0.2, -0.15) is 0 Å². The van der Waals surface area contributed by atoms with E-state index in [1.54, 1.807) is 12.3 Å². The van der Waals surface area contributed by atoms with Gasteiger partial charge in [0.05, 0.1) is 5.25 Å². The smallest absolute Gasteiger partial charge is 0.277 e. The van der Waals surface area contributed by atoms with Gasteiger partial charge in [0.2, 0.25) is 0 Å². The standard InChI is InChI=1S/C21H22N4O2S/c1-13(28-20-24-23-19(27-20)15-9-7-11-22-15)17(26)12-18-21(2,3)14-8-5-6-10-16(14)25(18)4/h5-13,22H,1-4H3/b18-12+. The van der Waals surface area contributed by atoms with Crippen molar-refractivity contribution in [1.82, 2.24) is 15.2 Å². The average molecular weight is 395 g/mol. The van der Waals surface area contributed by atoms with Crippen LogP contribution in [0.5, 0.6) is 0 Å². The summed E-state index contributed by atoms with van der Waals surface area (Å²) in [5, 5.41) is 8.12. The van der Waals surface area contributed by atoms with Gasteiger partial charge in [-0.25, -0.2) is 0 Å². The SMILES string of the molecule is CC(Sc1nnc(-c2ccc[nH]2)o1)C(=O)/C=C1/N(C)c2ccccc2C1(C)C. The lowest BCUT2D eigenvalue weighted by Crippen LogP contribution is -2.25. The number of hydrogen-bond acceptors (Lipinski definition) is 6. The second-order valence-corrected chi connectivity index (χ2v) is 8.64. The van der Waals surface area contributed by atoms with Crippen molar-refractivity contribution in [3.8, 4) is 11.6 Å². The summed E-state index contributed by atoms with van der Waals surface area (Å²) in [5.41, 5.74) is 3.89. The fourth-order valence-electron chi connectivity index (χ4n) is 3.55. The van der Waals surface area contributed by atoms with E-state index in [0.717, 1.165) is 17.1 Å². The Morgan fingerprint density at radius 2 is 2.04 bits per heavy atom. The van der Waals surface area contributed by atoms with Crippen molar-refractivity contribution in [2.45, 2.75) is 36.7 Å². The van der Waals surface area contributed by atoms with Gasteiger partial charge in [0.25, 0.3) is 11.1 Å². The number of allylic oxidation sites excluding steroid dienone is 2. The van der Waals surface area contributed by atoms with Crippen molar-refractivity contribution in [2.24, 2.45) is 0 Å². The van der Waals surface area contributed by atoms with Gasteiger partial charge in [0, 0.05) is 36.1 Å². The fourth-order valence-corrected chi connectivity index (χ4v) is 4.25. The van der Waals surface area contributed by atoms with Crippen molar-refractivity contribution < 1.29 is 9.21 Å². The summed E-state index contributed by atoms with van der Waals surface area (Å²) in [6.07, 6.45) is 3.54. The molecule has 0 amide bonds. The quantitative estimate of drug-likeness (QED) is 0.510. The summed E-state index contributed by atoms with van der Waals surface area (Å²) in [5.74, 6) is 0.435. The molecular formula is C21H22N4O2S. The minimum Gasteiger partial charge on any atom is -0.410 e. The number of nitrogens with zero attached hydrogens (tertiary/aromatic N) is 3. The second-order valence-electron chi connectivity index (χ2n) is 7.35. The number of carbonyl (C=O) groups excluding carboxylic acids is 1. The molecule has 0 fully saturated rings. The van der Waals surface area contributed by atoms with E-state index in [0.29, 0.717) is 11.1 Å². The normalized spacial score (nSPS) is 17.7. The zero-order valence-corrected chi connectivity index (χ0v) is 17.1. The lowest BCUT2D eigenvalue weighted by atomic mass is 9.83. The Morgan fingerprint density at radius 1 is 1.25 bits per heavy atom. The predicted molar refractivity (Wildman–Crippen MR) is 110 cm³/mol. The highest BCUT2D eigenvalue weighted by Gasteiger charge is 2.38. The number of rotatable bonds is 5. The number of anilines is 1. The molecule has 0 saturated carbocycles. The van der Waals surface area contributed by atoms with Crippen LogP contribution in [0.4, 0.5) is 5.69 Å². The van der Waals surface area contributed by atoms with Gasteiger partial charge in [-0.1, -0.05) is 43.8 Å². The number of benzene rings is 1. The van der Waals surface area contributed by atoms with Gasteiger partial charge >= 0.3 is 0 Å². The number of likely N-dealkylation sites (N-methyl/N-ethyl adjacent to an activating group) is 1. The number of hydrogen-bond donors (Lipinski definition) is 1. The van der Waals surface area contributed by atoms with Crippen LogP contribution >= 0.6 is 11.8 Å². The Bertz CT molecular complexity index is 1040. The summed E-state index contributed by atoms with van der Waals surface area (Å²) in [6.45, 7) is 6.15. The molecule has 28 heavy (non-hydrogen) atoms. The largest absolute Gasteiger partial charge is 0.410 e. The zero-order valence-electron chi connectivity index (χ0n) is 16.3. The van der Waals surface area contributed by atoms with Crippen LogP contribution < -0.4 is 4.90 Å². The molecule has 1 aliphatic rings. The number of nitrogens with one attached hydrogen (secondary N) is 1. The Morgan fingerprint density at radius 3 is 2.75 bits per heavy atom. The number of fused-ring (bicyclic) bond motifs is 1. The summed E-state index contributed by atoms with van der Waals surface area (Å²) in [7, 11) is 2.01. The molecule has 7 heteroatoms. The molecule has 1 aromatic carbocycles. The Balaban J connectivity index is 1.52. The van der Waals surface area contributed by atoms with Crippen LogP contribution in [-0.4, -0.2) is 33.3 Å². The molecule has 1 unspecified atom stereocenters. The summed E-state index contributed by atoms with van der Waals surface area (Å²) < 4.78 is 5.66. The summed E-state index contributed by atoms with van der Waals surface area (Å²) >= 11 is 1.27. The molecule has 1 aliphatic heterocycles. The first-order chi connectivity index (χ1) is 13.4. The van der Waals surface area contributed by atoms with Gasteiger partial charge in [-0.3, -0.25) is 4.79 Å². The minimum absolute atomic E-state index is 0.0207. The van der Waals surface area contributed by atoms with Crippen LogP contribution in [0.3, 0.4) is 0 Å². The number of aromatic amines is 1. The van der Waals surface area contributed by atoms with Crippen molar-refractivity contribution in [3.05, 3.63) is 59.9 Å². The van der Waals surface area contributed by atoms with E-state index >= 15 is 0 Å². The van der Waals surface area contributed by atoms with E-state index in [1.165, 1.54) is 17.3 Å². The molecule has 3 heterocycles. The molecule has 1 atom stereocenters. The lowest BCUT2D eigenvalue weighted by Gasteiger charge is -2.24. The maximum Gasteiger partial charge on any atom is 0.277 e. The Hall–Kier alpha value is -2.80. The highest BCUT2D eigenvalue weighted by Crippen LogP contribution is 2.46. The number of para-hydroxylation sites is 1. The second kappa shape index (κ2) is 6.98. The highest BCUT2D eigenvalue weighted by atomic mass is 32.2. The number of carbonyl (C=O) groups is 1. The van der Waals surface area contributed by atoms with Gasteiger partial charge in [-0.05, 0) is 30.7 Å². The van der Waals surface area contributed by atoms with E-state index in [-0.39, 0.29) is 16.4 Å². The van der Waals surface area contributed by atoms with Gasteiger partial charge < -0.3 is 14.3 Å². The summed E-state index contributed by atoms with van der Waals surface area (Å²) in [4.78, 5) is 18.0. The molecule has 6 nitrogen and oxygen atoms in total. The monoisotopic (exact) mass is 394 g/mol. The molecular weight excluding hydrogens is 372 g/mol. The Kier molecular flexibility index (Phi) is 4.63. The number of thioether (sulfide) groups is 1. The van der Waals surface area contributed by atoms with Crippen LogP contribution in [0.25, 0.3) is 11.6 Å². The van der Waals surface area contributed by atoms with Crippen LogP contribution in [0.15, 0.2) is 64.0 Å².